The Bertz CT molecular complexity index is 993. The molecule has 0 atom stereocenters. The lowest BCUT2D eigenvalue weighted by atomic mass is 10.2. The van der Waals surface area contributed by atoms with E-state index >= 15 is 0 Å². The zero-order chi connectivity index (χ0) is 19.0. The highest BCUT2D eigenvalue weighted by molar-refractivity contribution is 6.33. The number of benzene rings is 2. The summed E-state index contributed by atoms with van der Waals surface area (Å²) >= 11 is 6.03. The molecule has 0 amide bonds. The summed E-state index contributed by atoms with van der Waals surface area (Å²) in [7, 11) is 0. The molecule has 0 aliphatic carbocycles. The Morgan fingerprint density at radius 2 is 1.93 bits per heavy atom. The van der Waals surface area contributed by atoms with E-state index in [4.69, 9.17) is 11.6 Å². The van der Waals surface area contributed by atoms with Crippen LogP contribution in [-0.4, -0.2) is 21.7 Å². The first-order valence-electron chi connectivity index (χ1n) is 8.11. The molecule has 138 valence electrons. The predicted octanol–water partition coefficient (Wildman–Crippen LogP) is 4.98. The van der Waals surface area contributed by atoms with Crippen molar-refractivity contribution in [3.8, 4) is 0 Å². The van der Waals surface area contributed by atoms with Crippen LogP contribution >= 0.6 is 11.6 Å². The van der Waals surface area contributed by atoms with Crippen molar-refractivity contribution in [1.82, 2.24) is 15.2 Å². The number of halogens is 4. The number of fused-ring (bicyclic) bond motifs is 1. The zero-order valence-electron chi connectivity index (χ0n) is 13.8. The van der Waals surface area contributed by atoms with E-state index in [2.05, 4.69) is 20.5 Å². The standard InChI is InChI=1S/C18H13ClF3N5/c19-13-6-5-12(18(20,21)22)9-14(13)24-16-10-23-26-17(25-16)27-8-7-11-3-1-2-4-15(11)27/h1-6,9-10H,7-8H2,(H,24,25,26). The molecule has 2 heterocycles. The van der Waals surface area contributed by atoms with E-state index in [1.165, 1.54) is 17.8 Å². The molecule has 0 unspecified atom stereocenters. The molecule has 5 nitrogen and oxygen atoms in total. The molecule has 0 spiro atoms. The van der Waals surface area contributed by atoms with Crippen LogP contribution in [-0.2, 0) is 12.6 Å². The van der Waals surface area contributed by atoms with Gasteiger partial charge in [-0.15, -0.1) is 5.10 Å². The molecule has 0 radical (unpaired) electrons. The summed E-state index contributed by atoms with van der Waals surface area (Å²) in [6, 6.07) is 11.0. The second kappa shape index (κ2) is 6.70. The summed E-state index contributed by atoms with van der Waals surface area (Å²) in [6.07, 6.45) is -2.27. The van der Waals surface area contributed by atoms with Crippen LogP contribution in [0.25, 0.3) is 0 Å². The number of aromatic nitrogens is 3. The van der Waals surface area contributed by atoms with Gasteiger partial charge >= 0.3 is 6.18 Å². The summed E-state index contributed by atoms with van der Waals surface area (Å²) in [6.45, 7) is 0.703. The third-order valence-electron chi connectivity index (χ3n) is 4.23. The molecular formula is C18H13ClF3N5. The minimum atomic E-state index is -4.46. The highest BCUT2D eigenvalue weighted by atomic mass is 35.5. The van der Waals surface area contributed by atoms with Crippen molar-refractivity contribution >= 4 is 34.7 Å². The topological polar surface area (TPSA) is 53.9 Å². The second-order valence-corrected chi connectivity index (χ2v) is 6.40. The first-order chi connectivity index (χ1) is 12.9. The number of hydrogen-bond acceptors (Lipinski definition) is 5. The van der Waals surface area contributed by atoms with Gasteiger partial charge in [0.05, 0.1) is 22.5 Å². The Kier molecular flexibility index (Phi) is 4.35. The number of rotatable bonds is 3. The van der Waals surface area contributed by atoms with Crippen molar-refractivity contribution in [3.05, 3.63) is 64.8 Å². The van der Waals surface area contributed by atoms with Gasteiger partial charge < -0.3 is 10.2 Å². The quantitative estimate of drug-likeness (QED) is 0.682. The highest BCUT2D eigenvalue weighted by Crippen LogP contribution is 2.35. The molecule has 3 aromatic rings. The van der Waals surface area contributed by atoms with Gasteiger partial charge in [-0.1, -0.05) is 29.8 Å². The van der Waals surface area contributed by atoms with E-state index in [1.807, 2.05) is 29.2 Å². The van der Waals surface area contributed by atoms with Crippen LogP contribution in [0.3, 0.4) is 0 Å². The Hall–Kier alpha value is -2.87. The Balaban J connectivity index is 1.63. The third kappa shape index (κ3) is 3.52. The molecule has 0 bridgehead atoms. The summed E-state index contributed by atoms with van der Waals surface area (Å²) < 4.78 is 38.8. The molecule has 9 heteroatoms. The highest BCUT2D eigenvalue weighted by Gasteiger charge is 2.31. The number of nitrogens with one attached hydrogen (secondary N) is 1. The molecule has 2 aromatic carbocycles. The molecule has 27 heavy (non-hydrogen) atoms. The summed E-state index contributed by atoms with van der Waals surface area (Å²) in [5, 5.41) is 10.9. The average Bonchev–Trinajstić information content (AvgIpc) is 3.07. The van der Waals surface area contributed by atoms with Gasteiger partial charge in [-0.25, -0.2) is 0 Å². The van der Waals surface area contributed by atoms with E-state index in [-0.39, 0.29) is 16.5 Å². The van der Waals surface area contributed by atoms with Gasteiger partial charge in [0.25, 0.3) is 5.95 Å². The van der Waals surface area contributed by atoms with E-state index in [0.29, 0.717) is 12.5 Å². The van der Waals surface area contributed by atoms with Crippen molar-refractivity contribution in [2.45, 2.75) is 12.6 Å². The maximum absolute atomic E-state index is 12.9. The number of anilines is 4. The number of para-hydroxylation sites is 1. The molecule has 1 N–H and O–H groups in total. The van der Waals surface area contributed by atoms with Crippen molar-refractivity contribution in [2.24, 2.45) is 0 Å². The normalized spacial score (nSPS) is 13.6. The number of alkyl halides is 3. The van der Waals surface area contributed by atoms with Crippen LogP contribution in [0.5, 0.6) is 0 Å². The monoisotopic (exact) mass is 391 g/mol. The van der Waals surface area contributed by atoms with Gasteiger partial charge in [0.15, 0.2) is 5.82 Å². The lowest BCUT2D eigenvalue weighted by molar-refractivity contribution is -0.137. The maximum atomic E-state index is 12.9. The van der Waals surface area contributed by atoms with Crippen molar-refractivity contribution in [1.29, 1.82) is 0 Å². The molecule has 0 fully saturated rings. The Labute approximate surface area is 157 Å². The number of nitrogens with zero attached hydrogens (tertiary/aromatic N) is 4. The second-order valence-electron chi connectivity index (χ2n) is 5.99. The summed E-state index contributed by atoms with van der Waals surface area (Å²) in [4.78, 5) is 6.30. The molecule has 1 aliphatic rings. The molecule has 1 aromatic heterocycles. The molecule has 0 saturated heterocycles. The van der Waals surface area contributed by atoms with E-state index in [0.717, 1.165) is 24.2 Å². The fourth-order valence-corrected chi connectivity index (χ4v) is 3.11. The maximum Gasteiger partial charge on any atom is 0.416 e. The van der Waals surface area contributed by atoms with Crippen LogP contribution in [0.15, 0.2) is 48.7 Å². The molecule has 1 aliphatic heterocycles. The van der Waals surface area contributed by atoms with Gasteiger partial charge in [0.2, 0.25) is 0 Å². The smallest absolute Gasteiger partial charge is 0.338 e. The first kappa shape index (κ1) is 17.5. The van der Waals surface area contributed by atoms with Crippen LogP contribution in [0.2, 0.25) is 5.02 Å². The Morgan fingerprint density at radius 1 is 1.11 bits per heavy atom. The van der Waals surface area contributed by atoms with Gasteiger partial charge in [-0.2, -0.15) is 23.3 Å². The number of hydrogen-bond donors (Lipinski definition) is 1. The largest absolute Gasteiger partial charge is 0.416 e. The average molecular weight is 392 g/mol. The lowest BCUT2D eigenvalue weighted by Gasteiger charge is -2.17. The fraction of sp³-hybridized carbons (Fsp3) is 0.167. The predicted molar refractivity (Wildman–Crippen MR) is 96.7 cm³/mol. The summed E-state index contributed by atoms with van der Waals surface area (Å²) in [5.74, 6) is 0.624. The minimum absolute atomic E-state index is 0.0970. The lowest BCUT2D eigenvalue weighted by Crippen LogP contribution is -2.17. The van der Waals surface area contributed by atoms with E-state index < -0.39 is 11.7 Å². The SMILES string of the molecule is FC(F)(F)c1ccc(Cl)c(Nc2cnnc(N3CCc4ccccc43)n2)c1. The first-order valence-corrected chi connectivity index (χ1v) is 8.48. The fourth-order valence-electron chi connectivity index (χ4n) is 2.95. The van der Waals surface area contributed by atoms with Crippen LogP contribution in [0.4, 0.5) is 36.3 Å². The van der Waals surface area contributed by atoms with Crippen LogP contribution in [0, 0.1) is 0 Å². The van der Waals surface area contributed by atoms with Gasteiger partial charge in [0, 0.05) is 12.2 Å². The minimum Gasteiger partial charge on any atom is -0.338 e. The van der Waals surface area contributed by atoms with Crippen molar-refractivity contribution in [3.63, 3.8) is 0 Å². The molecular weight excluding hydrogens is 379 g/mol. The van der Waals surface area contributed by atoms with Crippen LogP contribution < -0.4 is 10.2 Å². The van der Waals surface area contributed by atoms with E-state index in [9.17, 15) is 13.2 Å². The van der Waals surface area contributed by atoms with Gasteiger partial charge in [0.1, 0.15) is 0 Å². The molecule has 4 rings (SSSR count). The third-order valence-corrected chi connectivity index (χ3v) is 4.56. The summed E-state index contributed by atoms with van der Waals surface area (Å²) in [5.41, 5.74) is 1.47. The van der Waals surface area contributed by atoms with Crippen LogP contribution in [0.1, 0.15) is 11.1 Å². The van der Waals surface area contributed by atoms with Crippen molar-refractivity contribution in [2.75, 3.05) is 16.8 Å². The van der Waals surface area contributed by atoms with E-state index in [1.54, 1.807) is 0 Å². The van der Waals surface area contributed by atoms with Gasteiger partial charge in [-0.05, 0) is 36.2 Å². The van der Waals surface area contributed by atoms with Crippen molar-refractivity contribution < 1.29 is 13.2 Å². The molecule has 0 saturated carbocycles. The van der Waals surface area contributed by atoms with Gasteiger partial charge in [-0.3, -0.25) is 0 Å². The zero-order valence-corrected chi connectivity index (χ0v) is 14.6. The Morgan fingerprint density at radius 3 is 2.74 bits per heavy atom.